The number of alkyl halides is 1. The topological polar surface area (TPSA) is 36.3 Å². The van der Waals surface area contributed by atoms with Gasteiger partial charge in [-0.2, -0.15) is 0 Å². The molecular formula is C15H20ClFN2O2. The number of hydrogen-bond donors (Lipinski definition) is 0. The molecule has 1 aromatic carbocycles. The average molecular weight is 315 g/mol. The molecule has 6 heteroatoms. The minimum absolute atomic E-state index is 0.186. The van der Waals surface area contributed by atoms with Gasteiger partial charge in [-0.3, -0.25) is 0 Å². The van der Waals surface area contributed by atoms with Gasteiger partial charge in [-0.05, 0) is 20.8 Å². The van der Waals surface area contributed by atoms with E-state index >= 15 is 0 Å². The van der Waals surface area contributed by atoms with E-state index in [4.69, 9.17) is 21.1 Å². The number of methoxy groups -OCH3 is 2. The van der Waals surface area contributed by atoms with Crippen LogP contribution in [0.5, 0.6) is 5.75 Å². The number of fused-ring (bicyclic) bond motifs is 1. The van der Waals surface area contributed by atoms with Gasteiger partial charge in [-0.1, -0.05) is 0 Å². The van der Waals surface area contributed by atoms with Crippen LogP contribution >= 0.6 is 11.6 Å². The van der Waals surface area contributed by atoms with Gasteiger partial charge < -0.3 is 14.0 Å². The molecule has 2 rings (SSSR count). The summed E-state index contributed by atoms with van der Waals surface area (Å²) in [5.41, 5.74) is 0.961. The summed E-state index contributed by atoms with van der Waals surface area (Å²) in [6.45, 7) is 6.37. The molecule has 0 aliphatic heterocycles. The lowest BCUT2D eigenvalue weighted by atomic mass is 10.1. The maximum Gasteiger partial charge on any atom is 0.167 e. The second-order valence-electron chi connectivity index (χ2n) is 5.64. The molecule has 1 unspecified atom stereocenters. The van der Waals surface area contributed by atoms with Crippen molar-refractivity contribution < 1.29 is 13.9 Å². The van der Waals surface area contributed by atoms with Gasteiger partial charge in [0.2, 0.25) is 0 Å². The summed E-state index contributed by atoms with van der Waals surface area (Å²) in [5, 5.41) is -0.303. The lowest BCUT2D eigenvalue weighted by Gasteiger charge is -2.29. The van der Waals surface area contributed by atoms with Crippen LogP contribution in [0.2, 0.25) is 0 Å². The Bertz CT molecular complexity index is 653. The Morgan fingerprint density at radius 1 is 1.38 bits per heavy atom. The summed E-state index contributed by atoms with van der Waals surface area (Å²) in [6.07, 6.45) is 0. The lowest BCUT2D eigenvalue weighted by molar-refractivity contribution is 0.110. The molecular weight excluding hydrogens is 295 g/mol. The Morgan fingerprint density at radius 3 is 2.57 bits per heavy atom. The van der Waals surface area contributed by atoms with Crippen LogP contribution in [-0.4, -0.2) is 30.4 Å². The van der Waals surface area contributed by atoms with Crippen LogP contribution in [0.15, 0.2) is 12.1 Å². The maximum absolute atomic E-state index is 13.9. The van der Waals surface area contributed by atoms with E-state index in [0.29, 0.717) is 17.9 Å². The standard InChI is InChI=1S/C15H20ClFN2O2/c1-9(16)14-18-11-6-10(17)13(21-5)7-12(11)19(14)15(2,3)8-20-4/h6-7,9H,8H2,1-5H3. The summed E-state index contributed by atoms with van der Waals surface area (Å²) in [5.74, 6) is 0.431. The van der Waals surface area contributed by atoms with Crippen LogP contribution in [0.3, 0.4) is 0 Å². The first-order valence-corrected chi connectivity index (χ1v) is 7.15. The average Bonchev–Trinajstić information content (AvgIpc) is 2.76. The van der Waals surface area contributed by atoms with Crippen molar-refractivity contribution in [2.75, 3.05) is 20.8 Å². The molecule has 116 valence electrons. The van der Waals surface area contributed by atoms with Crippen LogP contribution in [-0.2, 0) is 10.3 Å². The molecule has 0 N–H and O–H groups in total. The molecule has 0 aliphatic rings. The molecule has 1 atom stereocenters. The Balaban J connectivity index is 2.78. The third-order valence-corrected chi connectivity index (χ3v) is 3.61. The second-order valence-corrected chi connectivity index (χ2v) is 6.30. The van der Waals surface area contributed by atoms with Crippen molar-refractivity contribution in [3.63, 3.8) is 0 Å². The predicted molar refractivity (Wildman–Crippen MR) is 81.7 cm³/mol. The van der Waals surface area contributed by atoms with E-state index in [0.717, 1.165) is 5.52 Å². The van der Waals surface area contributed by atoms with Crippen LogP contribution in [0.25, 0.3) is 11.0 Å². The van der Waals surface area contributed by atoms with E-state index in [9.17, 15) is 4.39 Å². The fourth-order valence-electron chi connectivity index (χ4n) is 2.57. The summed E-state index contributed by atoms with van der Waals surface area (Å²) in [6, 6.07) is 3.02. The predicted octanol–water partition coefficient (Wildman–Crippen LogP) is 3.87. The fourth-order valence-corrected chi connectivity index (χ4v) is 2.72. The Morgan fingerprint density at radius 2 is 2.05 bits per heavy atom. The number of hydrogen-bond acceptors (Lipinski definition) is 3. The van der Waals surface area contributed by atoms with Crippen molar-refractivity contribution in [3.8, 4) is 5.75 Å². The van der Waals surface area contributed by atoms with Crippen molar-refractivity contribution in [1.82, 2.24) is 9.55 Å². The summed E-state index contributed by atoms with van der Waals surface area (Å²) < 4.78 is 26.2. The van der Waals surface area contributed by atoms with E-state index in [2.05, 4.69) is 4.98 Å². The molecule has 0 saturated heterocycles. The quantitative estimate of drug-likeness (QED) is 0.786. The molecule has 0 fully saturated rings. The molecule has 1 heterocycles. The molecule has 21 heavy (non-hydrogen) atoms. The highest BCUT2D eigenvalue weighted by Crippen LogP contribution is 2.33. The highest BCUT2D eigenvalue weighted by Gasteiger charge is 2.28. The Labute approximate surface area is 128 Å². The van der Waals surface area contributed by atoms with Gasteiger partial charge in [0, 0.05) is 19.2 Å². The largest absolute Gasteiger partial charge is 0.494 e. The SMILES string of the molecule is COCC(C)(C)n1c(C(C)Cl)nc2cc(F)c(OC)cc21. The smallest absolute Gasteiger partial charge is 0.167 e. The third kappa shape index (κ3) is 2.85. The number of nitrogens with zero attached hydrogens (tertiary/aromatic N) is 2. The Hall–Kier alpha value is -1.33. The minimum atomic E-state index is -0.437. The van der Waals surface area contributed by atoms with Crippen LogP contribution in [0, 0.1) is 5.82 Å². The minimum Gasteiger partial charge on any atom is -0.494 e. The third-order valence-electron chi connectivity index (χ3n) is 3.41. The normalized spacial score (nSPS) is 13.7. The molecule has 0 saturated carbocycles. The van der Waals surface area contributed by atoms with E-state index in [-0.39, 0.29) is 16.7 Å². The van der Waals surface area contributed by atoms with Crippen molar-refractivity contribution in [3.05, 3.63) is 23.8 Å². The number of imidazole rings is 1. The number of rotatable bonds is 5. The molecule has 1 aromatic heterocycles. The zero-order chi connectivity index (χ0) is 15.8. The van der Waals surface area contributed by atoms with Crippen molar-refractivity contribution in [2.45, 2.75) is 31.7 Å². The number of halogens is 2. The molecule has 0 bridgehead atoms. The molecule has 0 aliphatic carbocycles. The first-order valence-electron chi connectivity index (χ1n) is 6.71. The molecule has 0 amide bonds. The van der Waals surface area contributed by atoms with Crippen molar-refractivity contribution in [2.24, 2.45) is 0 Å². The zero-order valence-electron chi connectivity index (χ0n) is 12.9. The van der Waals surface area contributed by atoms with Gasteiger partial charge in [0.25, 0.3) is 0 Å². The van der Waals surface area contributed by atoms with Crippen LogP contribution in [0.4, 0.5) is 4.39 Å². The highest BCUT2D eigenvalue weighted by molar-refractivity contribution is 6.20. The Kier molecular flexibility index (Phi) is 4.44. The maximum atomic E-state index is 13.9. The lowest BCUT2D eigenvalue weighted by Crippen LogP contribution is -2.33. The van der Waals surface area contributed by atoms with E-state index in [1.807, 2.05) is 25.3 Å². The number of ether oxygens (including phenoxy) is 2. The number of aromatic nitrogens is 2. The van der Waals surface area contributed by atoms with E-state index in [1.54, 1.807) is 13.2 Å². The molecule has 0 spiro atoms. The summed E-state index contributed by atoms with van der Waals surface area (Å²) in [4.78, 5) is 4.48. The van der Waals surface area contributed by atoms with E-state index < -0.39 is 5.82 Å². The van der Waals surface area contributed by atoms with Crippen molar-refractivity contribution >= 4 is 22.6 Å². The monoisotopic (exact) mass is 314 g/mol. The van der Waals surface area contributed by atoms with E-state index in [1.165, 1.54) is 13.2 Å². The highest BCUT2D eigenvalue weighted by atomic mass is 35.5. The molecule has 4 nitrogen and oxygen atoms in total. The van der Waals surface area contributed by atoms with Gasteiger partial charge in [-0.15, -0.1) is 11.6 Å². The van der Waals surface area contributed by atoms with Gasteiger partial charge in [0.1, 0.15) is 5.82 Å². The van der Waals surface area contributed by atoms with Gasteiger partial charge >= 0.3 is 0 Å². The van der Waals surface area contributed by atoms with Gasteiger partial charge in [-0.25, -0.2) is 9.37 Å². The molecule has 2 aromatic rings. The first-order chi connectivity index (χ1) is 9.81. The summed E-state index contributed by atoms with van der Waals surface area (Å²) >= 11 is 6.25. The van der Waals surface area contributed by atoms with Crippen LogP contribution < -0.4 is 4.74 Å². The number of benzene rings is 1. The second kappa shape index (κ2) is 5.81. The zero-order valence-corrected chi connectivity index (χ0v) is 13.7. The fraction of sp³-hybridized carbons (Fsp3) is 0.533. The molecule has 0 radical (unpaired) electrons. The van der Waals surface area contributed by atoms with Gasteiger partial charge in [0.05, 0.1) is 35.7 Å². The van der Waals surface area contributed by atoms with Crippen LogP contribution in [0.1, 0.15) is 32.0 Å². The van der Waals surface area contributed by atoms with Gasteiger partial charge in [0.15, 0.2) is 11.6 Å². The first kappa shape index (κ1) is 16.0. The van der Waals surface area contributed by atoms with Crippen molar-refractivity contribution in [1.29, 1.82) is 0 Å². The summed E-state index contributed by atoms with van der Waals surface area (Å²) in [7, 11) is 3.08.